The van der Waals surface area contributed by atoms with Crippen molar-refractivity contribution in [3.63, 3.8) is 0 Å². The number of aromatic nitrogens is 2. The summed E-state index contributed by atoms with van der Waals surface area (Å²) >= 11 is 0. The quantitative estimate of drug-likeness (QED) is 0.914. The van der Waals surface area contributed by atoms with Gasteiger partial charge in [0.25, 0.3) is 0 Å². The average Bonchev–Trinajstić information content (AvgIpc) is 2.45. The number of likely N-dealkylation sites (N-methyl/N-ethyl adjacent to an activating group) is 1. The molecule has 1 aliphatic rings. The van der Waals surface area contributed by atoms with Crippen molar-refractivity contribution in [3.8, 4) is 0 Å². The summed E-state index contributed by atoms with van der Waals surface area (Å²) in [6.07, 6.45) is 2.84. The number of hydrogen-bond donors (Lipinski definition) is 1. The first-order valence-electron chi connectivity index (χ1n) is 7.48. The molecule has 1 N–H and O–H groups in total. The number of carbonyl (C=O) groups excluding carboxylic acids is 1. The van der Waals surface area contributed by atoms with Crippen LogP contribution in [0.3, 0.4) is 0 Å². The Balaban J connectivity index is 2.34. The first-order valence-corrected chi connectivity index (χ1v) is 7.48. The highest BCUT2D eigenvalue weighted by Crippen LogP contribution is 2.29. The molecule has 6 nitrogen and oxygen atoms in total. The molecule has 0 unspecified atom stereocenters. The summed E-state index contributed by atoms with van der Waals surface area (Å²) in [7, 11) is 1.85. The van der Waals surface area contributed by atoms with E-state index in [9.17, 15) is 4.79 Å². The highest BCUT2D eigenvalue weighted by atomic mass is 16.2. The molecular formula is C15H25N5O. The zero-order chi connectivity index (χ0) is 15.6. The zero-order valence-electron chi connectivity index (χ0n) is 13.6. The smallest absolute Gasteiger partial charge is 0.247 e. The third-order valence-corrected chi connectivity index (χ3v) is 3.94. The van der Waals surface area contributed by atoms with Crippen LogP contribution >= 0.6 is 0 Å². The number of carbonyl (C=O) groups is 1. The van der Waals surface area contributed by atoms with Crippen molar-refractivity contribution in [3.05, 3.63) is 11.8 Å². The van der Waals surface area contributed by atoms with Gasteiger partial charge in [-0.05, 0) is 27.2 Å². The Bertz CT molecular complexity index is 529. The Labute approximate surface area is 126 Å². The number of aryl methyl sites for hydroxylation is 1. The minimum Gasteiger partial charge on any atom is -0.354 e. The fourth-order valence-corrected chi connectivity index (χ4v) is 2.61. The van der Waals surface area contributed by atoms with E-state index in [-0.39, 0.29) is 5.91 Å². The molecule has 116 valence electrons. The van der Waals surface area contributed by atoms with Crippen molar-refractivity contribution in [1.29, 1.82) is 0 Å². The number of nitrogens with zero attached hydrogens (tertiary/aromatic N) is 4. The van der Waals surface area contributed by atoms with E-state index in [1.807, 2.05) is 34.0 Å². The lowest BCUT2D eigenvalue weighted by Gasteiger charge is -2.45. The molecule has 1 saturated heterocycles. The summed E-state index contributed by atoms with van der Waals surface area (Å²) in [4.78, 5) is 25.2. The molecule has 21 heavy (non-hydrogen) atoms. The summed E-state index contributed by atoms with van der Waals surface area (Å²) < 4.78 is 0. The van der Waals surface area contributed by atoms with Crippen LogP contribution in [0.4, 0.5) is 11.8 Å². The Morgan fingerprint density at radius 3 is 2.76 bits per heavy atom. The minimum absolute atomic E-state index is 0.120. The average molecular weight is 291 g/mol. The maximum Gasteiger partial charge on any atom is 0.247 e. The summed E-state index contributed by atoms with van der Waals surface area (Å²) in [6, 6.07) is 0. The lowest BCUT2D eigenvalue weighted by molar-refractivity contribution is -0.136. The lowest BCUT2D eigenvalue weighted by Crippen LogP contribution is -2.62. The molecule has 0 bridgehead atoms. The van der Waals surface area contributed by atoms with Crippen LogP contribution in [0, 0.1) is 6.92 Å². The molecule has 6 heteroatoms. The minimum atomic E-state index is -0.589. The maximum atomic E-state index is 12.4. The molecule has 0 atom stereocenters. The van der Waals surface area contributed by atoms with Gasteiger partial charge in [-0.3, -0.25) is 4.79 Å². The van der Waals surface area contributed by atoms with E-state index in [0.717, 1.165) is 30.9 Å². The number of anilines is 2. The fourth-order valence-electron chi connectivity index (χ4n) is 2.61. The lowest BCUT2D eigenvalue weighted by atomic mass is 9.97. The van der Waals surface area contributed by atoms with Gasteiger partial charge in [0, 0.05) is 38.4 Å². The molecule has 1 aromatic heterocycles. The van der Waals surface area contributed by atoms with E-state index >= 15 is 0 Å². The number of amides is 1. The van der Waals surface area contributed by atoms with Gasteiger partial charge in [-0.2, -0.15) is 4.98 Å². The van der Waals surface area contributed by atoms with Gasteiger partial charge in [-0.25, -0.2) is 4.98 Å². The molecule has 1 aromatic rings. The SMILES string of the molecule is CCCNc1ncc(C)c(N2CCN(C)C(=O)C2(C)C)n1. The number of rotatable bonds is 4. The van der Waals surface area contributed by atoms with Crippen LogP contribution in [-0.4, -0.2) is 53.0 Å². The summed E-state index contributed by atoms with van der Waals surface area (Å²) in [5, 5.41) is 3.20. The van der Waals surface area contributed by atoms with Crippen LogP contribution in [0.15, 0.2) is 6.20 Å². The van der Waals surface area contributed by atoms with Gasteiger partial charge < -0.3 is 15.1 Å². The van der Waals surface area contributed by atoms with E-state index < -0.39 is 5.54 Å². The molecule has 0 saturated carbocycles. The van der Waals surface area contributed by atoms with Crippen LogP contribution in [0.2, 0.25) is 0 Å². The van der Waals surface area contributed by atoms with E-state index in [4.69, 9.17) is 0 Å². The van der Waals surface area contributed by atoms with Crippen LogP contribution in [0.25, 0.3) is 0 Å². The first-order chi connectivity index (χ1) is 9.87. The molecule has 1 aliphatic heterocycles. The zero-order valence-corrected chi connectivity index (χ0v) is 13.6. The van der Waals surface area contributed by atoms with Crippen molar-refractivity contribution in [1.82, 2.24) is 14.9 Å². The fraction of sp³-hybridized carbons (Fsp3) is 0.667. The molecule has 1 amide bonds. The van der Waals surface area contributed by atoms with Gasteiger partial charge in [0.15, 0.2) is 0 Å². The summed E-state index contributed by atoms with van der Waals surface area (Å²) in [6.45, 7) is 10.3. The van der Waals surface area contributed by atoms with Crippen molar-refractivity contribution in [2.45, 2.75) is 39.7 Å². The standard InChI is InChI=1S/C15H25N5O/c1-6-7-16-14-17-10-11(2)12(18-14)20-9-8-19(5)13(21)15(20,3)4/h10H,6-9H2,1-5H3,(H,16,17,18). The predicted molar refractivity (Wildman–Crippen MR) is 84.6 cm³/mol. The molecular weight excluding hydrogens is 266 g/mol. The van der Waals surface area contributed by atoms with Crippen LogP contribution < -0.4 is 10.2 Å². The monoisotopic (exact) mass is 291 g/mol. The van der Waals surface area contributed by atoms with E-state index in [0.29, 0.717) is 12.5 Å². The van der Waals surface area contributed by atoms with Gasteiger partial charge in [0.1, 0.15) is 11.4 Å². The Hall–Kier alpha value is -1.85. The second kappa shape index (κ2) is 5.87. The molecule has 1 fully saturated rings. The molecule has 0 aliphatic carbocycles. The molecule has 2 heterocycles. The highest BCUT2D eigenvalue weighted by Gasteiger charge is 2.41. The number of hydrogen-bond acceptors (Lipinski definition) is 5. The van der Waals surface area contributed by atoms with Crippen molar-refractivity contribution < 1.29 is 4.79 Å². The Kier molecular flexibility index (Phi) is 4.34. The number of nitrogens with one attached hydrogen (secondary N) is 1. The normalized spacial score (nSPS) is 18.0. The van der Waals surface area contributed by atoms with Gasteiger partial charge in [-0.15, -0.1) is 0 Å². The van der Waals surface area contributed by atoms with Gasteiger partial charge in [-0.1, -0.05) is 6.92 Å². The second-order valence-electron chi connectivity index (χ2n) is 6.06. The van der Waals surface area contributed by atoms with E-state index in [2.05, 4.69) is 27.1 Å². The summed E-state index contributed by atoms with van der Waals surface area (Å²) in [5.41, 5.74) is 0.399. The van der Waals surface area contributed by atoms with Crippen molar-refractivity contribution in [2.75, 3.05) is 36.9 Å². The first kappa shape index (κ1) is 15.5. The van der Waals surface area contributed by atoms with Gasteiger partial charge in [0.05, 0.1) is 0 Å². The second-order valence-corrected chi connectivity index (χ2v) is 6.06. The molecule has 0 spiro atoms. The van der Waals surface area contributed by atoms with E-state index in [1.54, 1.807) is 4.90 Å². The van der Waals surface area contributed by atoms with Crippen LogP contribution in [0.1, 0.15) is 32.8 Å². The number of piperazine rings is 1. The third kappa shape index (κ3) is 2.94. The van der Waals surface area contributed by atoms with Gasteiger partial charge in [0.2, 0.25) is 11.9 Å². The van der Waals surface area contributed by atoms with E-state index in [1.165, 1.54) is 0 Å². The molecule has 0 aromatic carbocycles. The topological polar surface area (TPSA) is 61.4 Å². The van der Waals surface area contributed by atoms with Crippen LogP contribution in [0.5, 0.6) is 0 Å². The maximum absolute atomic E-state index is 12.4. The summed E-state index contributed by atoms with van der Waals surface area (Å²) in [5.74, 6) is 1.59. The Morgan fingerprint density at radius 1 is 1.38 bits per heavy atom. The third-order valence-electron chi connectivity index (χ3n) is 3.94. The predicted octanol–water partition coefficient (Wildman–Crippen LogP) is 1.66. The molecule has 2 rings (SSSR count). The van der Waals surface area contributed by atoms with Gasteiger partial charge >= 0.3 is 0 Å². The highest BCUT2D eigenvalue weighted by molar-refractivity contribution is 5.90. The van der Waals surface area contributed by atoms with Crippen molar-refractivity contribution in [2.24, 2.45) is 0 Å². The Morgan fingerprint density at radius 2 is 2.10 bits per heavy atom. The largest absolute Gasteiger partial charge is 0.354 e. The van der Waals surface area contributed by atoms with Crippen molar-refractivity contribution >= 4 is 17.7 Å². The molecule has 0 radical (unpaired) electrons. The van der Waals surface area contributed by atoms with Crippen LogP contribution in [-0.2, 0) is 4.79 Å².